The number of benzene rings is 2. The molecule has 1 N–H and O–H groups in total. The van der Waals surface area contributed by atoms with Gasteiger partial charge < -0.3 is 24.8 Å². The first-order valence-electron chi connectivity index (χ1n) is 11.5. The van der Waals surface area contributed by atoms with Crippen molar-refractivity contribution in [3.8, 4) is 0 Å². The van der Waals surface area contributed by atoms with E-state index in [0.717, 1.165) is 5.69 Å². The molecule has 2 aliphatic rings. The van der Waals surface area contributed by atoms with Crippen LogP contribution in [0.2, 0.25) is 10.0 Å². The van der Waals surface area contributed by atoms with Crippen LogP contribution in [0, 0.1) is 0 Å². The Morgan fingerprint density at radius 3 is 2.46 bits per heavy atom. The molecule has 0 saturated carbocycles. The Labute approximate surface area is 214 Å². The number of nitrogens with one attached hydrogen (secondary N) is 1. The number of likely N-dealkylation sites (tertiary alicyclic amines) is 1. The number of hydrogen-bond acceptors (Lipinski definition) is 5. The smallest absolute Gasteiger partial charge is 0.255 e. The molecule has 0 atom stereocenters. The molecule has 0 unspecified atom stereocenters. The molecule has 0 radical (unpaired) electrons. The number of hydrogen-bond donors (Lipinski definition) is 1. The third-order valence-corrected chi connectivity index (χ3v) is 7.13. The lowest BCUT2D eigenvalue weighted by molar-refractivity contribution is -0.137. The van der Waals surface area contributed by atoms with Gasteiger partial charge >= 0.3 is 0 Å². The number of carbonyl (C=O) groups is 3. The monoisotopic (exact) mass is 518 g/mol. The van der Waals surface area contributed by atoms with Crippen molar-refractivity contribution in [3.63, 3.8) is 0 Å². The van der Waals surface area contributed by atoms with E-state index in [2.05, 4.69) is 10.2 Å². The second-order valence-electron chi connectivity index (χ2n) is 8.70. The molecular weight excluding hydrogens is 491 g/mol. The number of ether oxygens (including phenoxy) is 1. The van der Waals surface area contributed by atoms with E-state index >= 15 is 0 Å². The lowest BCUT2D eigenvalue weighted by Crippen LogP contribution is -2.57. The minimum atomic E-state index is -0.825. The van der Waals surface area contributed by atoms with Crippen molar-refractivity contribution in [1.29, 1.82) is 0 Å². The highest BCUT2D eigenvalue weighted by Crippen LogP contribution is 2.40. The molecule has 2 aromatic carbocycles. The van der Waals surface area contributed by atoms with Crippen LogP contribution in [0.15, 0.2) is 48.5 Å². The van der Waals surface area contributed by atoms with Gasteiger partial charge in [-0.2, -0.15) is 0 Å². The SMILES string of the molecule is COCCNC(=O)CN1CN(c2ccccc2)C2(CCN(C(=O)c3ccc(Cl)cc3Cl)CC2)C1=O. The number of methoxy groups -OCH3 is 1. The van der Waals surface area contributed by atoms with Gasteiger partial charge in [0, 0.05) is 37.5 Å². The molecule has 35 heavy (non-hydrogen) atoms. The van der Waals surface area contributed by atoms with Gasteiger partial charge in [-0.25, -0.2) is 0 Å². The summed E-state index contributed by atoms with van der Waals surface area (Å²) in [5, 5.41) is 3.54. The maximum absolute atomic E-state index is 13.7. The average molecular weight is 519 g/mol. The van der Waals surface area contributed by atoms with Crippen LogP contribution in [0.5, 0.6) is 0 Å². The zero-order chi connectivity index (χ0) is 25.0. The summed E-state index contributed by atoms with van der Waals surface area (Å²) in [7, 11) is 1.57. The molecule has 2 saturated heterocycles. The van der Waals surface area contributed by atoms with Gasteiger partial charge in [-0.3, -0.25) is 14.4 Å². The number of anilines is 1. The number of nitrogens with zero attached hydrogens (tertiary/aromatic N) is 3. The predicted octanol–water partition coefficient (Wildman–Crippen LogP) is 3.04. The Morgan fingerprint density at radius 1 is 1.09 bits per heavy atom. The molecule has 2 heterocycles. The van der Waals surface area contributed by atoms with Crippen molar-refractivity contribution in [2.45, 2.75) is 18.4 Å². The molecule has 0 aromatic heterocycles. The third-order valence-electron chi connectivity index (χ3n) is 6.58. The topological polar surface area (TPSA) is 82.2 Å². The van der Waals surface area contributed by atoms with Crippen molar-refractivity contribution in [2.24, 2.45) is 0 Å². The van der Waals surface area contributed by atoms with Crippen LogP contribution in [-0.2, 0) is 14.3 Å². The molecule has 0 bridgehead atoms. The molecule has 3 amide bonds. The molecule has 10 heteroatoms. The van der Waals surface area contributed by atoms with Gasteiger partial charge in [0.1, 0.15) is 12.1 Å². The first-order chi connectivity index (χ1) is 16.9. The lowest BCUT2D eigenvalue weighted by Gasteiger charge is -2.43. The Morgan fingerprint density at radius 2 is 1.80 bits per heavy atom. The number of piperidine rings is 1. The van der Waals surface area contributed by atoms with Gasteiger partial charge in [-0.05, 0) is 43.2 Å². The van der Waals surface area contributed by atoms with E-state index in [1.165, 1.54) is 0 Å². The van der Waals surface area contributed by atoms with Crippen LogP contribution in [0.1, 0.15) is 23.2 Å². The standard InChI is InChI=1S/C25H28Cl2N4O4/c1-35-14-11-28-22(32)16-30-17-31(19-5-3-2-4-6-19)25(24(30)34)9-12-29(13-10-25)23(33)20-8-7-18(26)15-21(20)27/h2-8,15H,9-14,16-17H2,1H3,(H,28,32). The quantitative estimate of drug-likeness (QED) is 0.569. The van der Waals surface area contributed by atoms with Crippen molar-refractivity contribution in [1.82, 2.24) is 15.1 Å². The molecule has 2 fully saturated rings. The van der Waals surface area contributed by atoms with E-state index in [1.54, 1.807) is 35.1 Å². The van der Waals surface area contributed by atoms with E-state index in [0.29, 0.717) is 61.4 Å². The fourth-order valence-corrected chi connectivity index (χ4v) is 5.25. The number of rotatable bonds is 7. The van der Waals surface area contributed by atoms with Crippen LogP contribution in [-0.4, -0.2) is 79.6 Å². The molecule has 1 spiro atoms. The Hall–Kier alpha value is -2.81. The molecule has 2 aromatic rings. The van der Waals surface area contributed by atoms with Gasteiger partial charge in [0.15, 0.2) is 0 Å². The van der Waals surface area contributed by atoms with Gasteiger partial charge in [0.2, 0.25) is 5.91 Å². The maximum Gasteiger partial charge on any atom is 0.255 e. The molecule has 2 aliphatic heterocycles. The lowest BCUT2D eigenvalue weighted by atomic mass is 9.85. The summed E-state index contributed by atoms with van der Waals surface area (Å²) >= 11 is 12.2. The zero-order valence-corrected chi connectivity index (χ0v) is 21.0. The van der Waals surface area contributed by atoms with E-state index in [-0.39, 0.29) is 24.3 Å². The van der Waals surface area contributed by atoms with Crippen molar-refractivity contribution >= 4 is 46.6 Å². The van der Waals surface area contributed by atoms with E-state index in [4.69, 9.17) is 27.9 Å². The molecule has 8 nitrogen and oxygen atoms in total. The second kappa shape index (κ2) is 10.8. The summed E-state index contributed by atoms with van der Waals surface area (Å²) in [5.41, 5.74) is 0.469. The van der Waals surface area contributed by atoms with Gasteiger partial charge in [-0.15, -0.1) is 0 Å². The predicted molar refractivity (Wildman–Crippen MR) is 135 cm³/mol. The Bertz CT molecular complexity index is 1090. The largest absolute Gasteiger partial charge is 0.383 e. The van der Waals surface area contributed by atoms with E-state index in [9.17, 15) is 14.4 Å². The van der Waals surface area contributed by atoms with Gasteiger partial charge in [-0.1, -0.05) is 41.4 Å². The van der Waals surface area contributed by atoms with Crippen molar-refractivity contribution in [3.05, 3.63) is 64.1 Å². The maximum atomic E-state index is 13.7. The first kappa shape index (κ1) is 25.3. The highest BCUT2D eigenvalue weighted by Gasteiger charge is 2.54. The Balaban J connectivity index is 1.52. The minimum absolute atomic E-state index is 0.0311. The van der Waals surface area contributed by atoms with Gasteiger partial charge in [0.25, 0.3) is 11.8 Å². The summed E-state index contributed by atoms with van der Waals surface area (Å²) in [6.45, 7) is 1.84. The number of halogens is 2. The third kappa shape index (κ3) is 5.24. The Kier molecular flexibility index (Phi) is 7.84. The molecular formula is C25H28Cl2N4O4. The van der Waals surface area contributed by atoms with Crippen LogP contribution in [0.3, 0.4) is 0 Å². The van der Waals surface area contributed by atoms with E-state index in [1.807, 2.05) is 30.3 Å². The molecule has 0 aliphatic carbocycles. The average Bonchev–Trinajstić information content (AvgIpc) is 3.11. The van der Waals surface area contributed by atoms with Crippen molar-refractivity contribution < 1.29 is 19.1 Å². The van der Waals surface area contributed by atoms with Crippen LogP contribution in [0.4, 0.5) is 5.69 Å². The number of para-hydroxylation sites is 1. The van der Waals surface area contributed by atoms with E-state index < -0.39 is 5.54 Å². The van der Waals surface area contributed by atoms with Crippen LogP contribution >= 0.6 is 23.2 Å². The van der Waals surface area contributed by atoms with Crippen LogP contribution < -0.4 is 10.2 Å². The highest BCUT2D eigenvalue weighted by molar-refractivity contribution is 6.36. The molecule has 4 rings (SSSR count). The summed E-state index contributed by atoms with van der Waals surface area (Å²) in [6, 6.07) is 14.5. The fourth-order valence-electron chi connectivity index (χ4n) is 4.76. The second-order valence-corrected chi connectivity index (χ2v) is 9.54. The summed E-state index contributed by atoms with van der Waals surface area (Å²) in [5.74, 6) is -0.516. The van der Waals surface area contributed by atoms with Crippen LogP contribution in [0.25, 0.3) is 0 Å². The summed E-state index contributed by atoms with van der Waals surface area (Å²) < 4.78 is 4.97. The minimum Gasteiger partial charge on any atom is -0.383 e. The van der Waals surface area contributed by atoms with Gasteiger partial charge in [0.05, 0.1) is 23.9 Å². The first-order valence-corrected chi connectivity index (χ1v) is 12.2. The zero-order valence-electron chi connectivity index (χ0n) is 19.5. The fraction of sp³-hybridized carbons (Fsp3) is 0.400. The summed E-state index contributed by atoms with van der Waals surface area (Å²) in [6.07, 6.45) is 0.888. The highest BCUT2D eigenvalue weighted by atomic mass is 35.5. The van der Waals surface area contributed by atoms with Crippen molar-refractivity contribution in [2.75, 3.05) is 51.5 Å². The normalized spacial score (nSPS) is 17.2. The number of carbonyl (C=O) groups excluding carboxylic acids is 3. The number of amides is 3. The summed E-state index contributed by atoms with van der Waals surface area (Å²) in [4.78, 5) is 44.6. The molecule has 186 valence electrons.